The lowest BCUT2D eigenvalue weighted by atomic mass is 10.4. The van der Waals surface area contributed by atoms with Gasteiger partial charge in [-0.2, -0.15) is 4.31 Å². The lowest BCUT2D eigenvalue weighted by Gasteiger charge is -2.19. The lowest BCUT2D eigenvalue weighted by Crippen LogP contribution is -2.43. The molecule has 0 bridgehead atoms. The first kappa shape index (κ1) is 16.0. The highest BCUT2D eigenvalue weighted by atomic mass is 32.2. The number of rotatable bonds is 7. The van der Waals surface area contributed by atoms with E-state index < -0.39 is 34.9 Å². The third kappa shape index (κ3) is 3.98. The first-order valence-electron chi connectivity index (χ1n) is 5.49. The third-order valence-corrected chi connectivity index (χ3v) is 4.08. The second-order valence-corrected chi connectivity index (χ2v) is 5.83. The summed E-state index contributed by atoms with van der Waals surface area (Å²) in [4.78, 5) is 25.5. The van der Waals surface area contributed by atoms with Crippen molar-refractivity contribution in [3.05, 3.63) is 24.0 Å². The number of pyridine rings is 1. The third-order valence-electron chi connectivity index (χ3n) is 2.31. The summed E-state index contributed by atoms with van der Waals surface area (Å²) in [5, 5.41) is 0. The fourth-order valence-corrected chi connectivity index (χ4v) is 2.73. The number of primary amides is 2. The predicted octanol–water partition coefficient (Wildman–Crippen LogP) is -2.50. The number of nitrogens with two attached hydrogens (primary N) is 3. The van der Waals surface area contributed by atoms with Gasteiger partial charge in [0.15, 0.2) is 0 Å². The molecule has 0 aliphatic rings. The van der Waals surface area contributed by atoms with Crippen LogP contribution in [0.15, 0.2) is 23.2 Å². The molecule has 0 aromatic carbocycles. The van der Waals surface area contributed by atoms with Crippen LogP contribution in [0.3, 0.4) is 0 Å². The van der Waals surface area contributed by atoms with Crippen LogP contribution in [0.2, 0.25) is 0 Å². The highest BCUT2D eigenvalue weighted by Gasteiger charge is 2.27. The molecular formula is C10H15N5O4S. The summed E-state index contributed by atoms with van der Waals surface area (Å²) < 4.78 is 25.1. The van der Waals surface area contributed by atoms with Gasteiger partial charge in [-0.25, -0.2) is 8.42 Å². The standard InChI is InChI=1S/C10H15N5O4S/c11-3-7-1-2-8(4-14-7)20(18,19)15(5-9(12)16)6-10(13)17/h1-2,4H,3,5-6,11H2,(H2,12,16)(H2,13,17). The molecule has 0 radical (unpaired) electrons. The Morgan fingerprint density at radius 1 is 1.15 bits per heavy atom. The Labute approximate surface area is 115 Å². The van der Waals surface area contributed by atoms with Gasteiger partial charge in [0.2, 0.25) is 21.8 Å². The molecular weight excluding hydrogens is 286 g/mol. The first-order chi connectivity index (χ1) is 9.27. The number of sulfonamides is 1. The summed E-state index contributed by atoms with van der Waals surface area (Å²) >= 11 is 0. The van der Waals surface area contributed by atoms with Gasteiger partial charge in [0, 0.05) is 12.7 Å². The highest BCUT2D eigenvalue weighted by Crippen LogP contribution is 2.14. The average Bonchev–Trinajstić information content (AvgIpc) is 2.37. The van der Waals surface area contributed by atoms with Crippen LogP contribution in [0.25, 0.3) is 0 Å². The van der Waals surface area contributed by atoms with E-state index in [0.29, 0.717) is 10.00 Å². The Morgan fingerprint density at radius 2 is 1.70 bits per heavy atom. The van der Waals surface area contributed by atoms with Crippen molar-refractivity contribution in [1.29, 1.82) is 0 Å². The minimum absolute atomic E-state index is 0.159. The van der Waals surface area contributed by atoms with Crippen molar-refractivity contribution in [2.24, 2.45) is 17.2 Å². The van der Waals surface area contributed by atoms with Gasteiger partial charge < -0.3 is 17.2 Å². The van der Waals surface area contributed by atoms with Crippen molar-refractivity contribution in [1.82, 2.24) is 9.29 Å². The number of carbonyl (C=O) groups is 2. The van der Waals surface area contributed by atoms with Crippen LogP contribution in [0.1, 0.15) is 5.69 Å². The van der Waals surface area contributed by atoms with Gasteiger partial charge in [0.25, 0.3) is 0 Å². The average molecular weight is 301 g/mol. The number of hydrogen-bond donors (Lipinski definition) is 3. The molecule has 110 valence electrons. The smallest absolute Gasteiger partial charge is 0.245 e. The molecule has 0 saturated heterocycles. The summed E-state index contributed by atoms with van der Waals surface area (Å²) in [6, 6.07) is 2.71. The van der Waals surface area contributed by atoms with Crippen LogP contribution in [0.5, 0.6) is 0 Å². The summed E-state index contributed by atoms with van der Waals surface area (Å²) in [5.41, 5.74) is 15.8. The molecule has 10 heteroatoms. The van der Waals surface area contributed by atoms with E-state index in [9.17, 15) is 18.0 Å². The zero-order valence-electron chi connectivity index (χ0n) is 10.5. The fraction of sp³-hybridized carbons (Fsp3) is 0.300. The first-order valence-corrected chi connectivity index (χ1v) is 6.93. The van der Waals surface area contributed by atoms with E-state index in [0.717, 1.165) is 6.20 Å². The minimum atomic E-state index is -4.09. The molecule has 1 heterocycles. The molecule has 0 saturated carbocycles. The molecule has 1 aromatic rings. The van der Waals surface area contributed by atoms with Gasteiger partial charge in [-0.15, -0.1) is 0 Å². The van der Waals surface area contributed by atoms with E-state index >= 15 is 0 Å². The summed E-state index contributed by atoms with van der Waals surface area (Å²) in [6.45, 7) is -1.14. The number of nitrogens with zero attached hydrogens (tertiary/aromatic N) is 2. The van der Waals surface area contributed by atoms with Crippen LogP contribution in [0.4, 0.5) is 0 Å². The quantitative estimate of drug-likeness (QED) is 0.504. The van der Waals surface area contributed by atoms with Crippen LogP contribution in [-0.4, -0.2) is 42.6 Å². The van der Waals surface area contributed by atoms with E-state index in [-0.39, 0.29) is 11.4 Å². The normalized spacial score (nSPS) is 11.5. The molecule has 20 heavy (non-hydrogen) atoms. The van der Waals surface area contributed by atoms with Crippen molar-refractivity contribution in [2.45, 2.75) is 11.4 Å². The SMILES string of the molecule is NCc1ccc(S(=O)(=O)N(CC(N)=O)CC(N)=O)cn1. The zero-order valence-corrected chi connectivity index (χ0v) is 11.3. The molecule has 1 rings (SSSR count). The minimum Gasteiger partial charge on any atom is -0.369 e. The molecule has 0 spiro atoms. The molecule has 0 aliphatic carbocycles. The molecule has 0 fully saturated rings. The second kappa shape index (κ2) is 6.41. The molecule has 6 N–H and O–H groups in total. The Kier molecular flexibility index (Phi) is 5.13. The second-order valence-electron chi connectivity index (χ2n) is 3.90. The van der Waals surface area contributed by atoms with Crippen LogP contribution in [-0.2, 0) is 26.2 Å². The summed E-state index contributed by atoms with van der Waals surface area (Å²) in [5.74, 6) is -1.80. The Bertz CT molecular complexity index is 583. The topological polar surface area (TPSA) is 162 Å². The fourth-order valence-electron chi connectivity index (χ4n) is 1.41. The van der Waals surface area contributed by atoms with E-state index in [2.05, 4.69) is 4.98 Å². The van der Waals surface area contributed by atoms with Crippen molar-refractivity contribution in [2.75, 3.05) is 13.1 Å². The summed E-state index contributed by atoms with van der Waals surface area (Å²) in [7, 11) is -4.09. The predicted molar refractivity (Wildman–Crippen MR) is 69.3 cm³/mol. The molecule has 0 atom stereocenters. The van der Waals surface area contributed by atoms with Crippen molar-refractivity contribution >= 4 is 21.8 Å². The van der Waals surface area contributed by atoms with Gasteiger partial charge in [-0.1, -0.05) is 0 Å². The lowest BCUT2D eigenvalue weighted by molar-refractivity contribution is -0.120. The highest BCUT2D eigenvalue weighted by molar-refractivity contribution is 7.89. The maximum absolute atomic E-state index is 12.2. The van der Waals surface area contributed by atoms with Crippen LogP contribution >= 0.6 is 0 Å². The number of hydrogen-bond acceptors (Lipinski definition) is 6. The van der Waals surface area contributed by atoms with E-state index in [1.807, 2.05) is 0 Å². The number of aromatic nitrogens is 1. The van der Waals surface area contributed by atoms with Gasteiger partial charge in [-0.05, 0) is 12.1 Å². The molecule has 0 unspecified atom stereocenters. The largest absolute Gasteiger partial charge is 0.369 e. The van der Waals surface area contributed by atoms with Crippen molar-refractivity contribution in [3.8, 4) is 0 Å². The zero-order chi connectivity index (χ0) is 15.3. The Balaban J connectivity index is 3.13. The monoisotopic (exact) mass is 301 g/mol. The van der Waals surface area contributed by atoms with Crippen molar-refractivity contribution < 1.29 is 18.0 Å². The van der Waals surface area contributed by atoms with Gasteiger partial charge in [-0.3, -0.25) is 14.6 Å². The number of amides is 2. The van der Waals surface area contributed by atoms with Crippen molar-refractivity contribution in [3.63, 3.8) is 0 Å². The molecule has 1 aromatic heterocycles. The maximum atomic E-state index is 12.2. The summed E-state index contributed by atoms with van der Waals surface area (Å²) in [6.07, 6.45) is 1.09. The van der Waals surface area contributed by atoms with E-state index in [1.54, 1.807) is 0 Å². The van der Waals surface area contributed by atoms with E-state index in [4.69, 9.17) is 17.2 Å². The Hall–Kier alpha value is -2.04. The maximum Gasteiger partial charge on any atom is 0.245 e. The molecule has 0 aliphatic heterocycles. The Morgan fingerprint density at radius 3 is 2.05 bits per heavy atom. The van der Waals surface area contributed by atoms with Crippen LogP contribution < -0.4 is 17.2 Å². The molecule has 9 nitrogen and oxygen atoms in total. The van der Waals surface area contributed by atoms with Gasteiger partial charge in [0.1, 0.15) is 4.90 Å². The van der Waals surface area contributed by atoms with E-state index in [1.165, 1.54) is 12.1 Å². The molecule has 2 amide bonds. The van der Waals surface area contributed by atoms with Gasteiger partial charge in [0.05, 0.1) is 18.8 Å². The van der Waals surface area contributed by atoms with Crippen LogP contribution in [0, 0.1) is 0 Å². The van der Waals surface area contributed by atoms with Gasteiger partial charge >= 0.3 is 0 Å². The number of carbonyl (C=O) groups excluding carboxylic acids is 2.